The van der Waals surface area contributed by atoms with Gasteiger partial charge in [-0.3, -0.25) is 0 Å². The first-order chi connectivity index (χ1) is 17.5. The molecule has 5 aromatic carbocycles. The van der Waals surface area contributed by atoms with E-state index in [0.717, 1.165) is 0 Å². The van der Waals surface area contributed by atoms with Crippen molar-refractivity contribution in [3.8, 4) is 22.3 Å². The van der Waals surface area contributed by atoms with E-state index < -0.39 is 0 Å². The van der Waals surface area contributed by atoms with Crippen molar-refractivity contribution in [1.29, 1.82) is 0 Å². The van der Waals surface area contributed by atoms with Crippen LogP contribution in [0, 0.1) is 0 Å². The average molecular weight is 499 g/mol. The summed E-state index contributed by atoms with van der Waals surface area (Å²) in [5.41, 5.74) is 6.66. The summed E-state index contributed by atoms with van der Waals surface area (Å²) in [5.74, 6) is 0. The monoisotopic (exact) mass is 498 g/mol. The number of thiophene rings is 2. The Morgan fingerprint density at radius 2 is 0.917 bits per heavy atom. The van der Waals surface area contributed by atoms with E-state index in [0.29, 0.717) is 0 Å². The highest BCUT2D eigenvalue weighted by atomic mass is 32.1. The molecule has 2 aromatic heterocycles. The Morgan fingerprint density at radius 3 is 1.39 bits per heavy atom. The molecule has 0 fully saturated rings. The summed E-state index contributed by atoms with van der Waals surface area (Å²) < 4.78 is 5.44. The number of benzene rings is 5. The van der Waals surface area contributed by atoms with Gasteiger partial charge in [-0.2, -0.15) is 0 Å². The molecule has 7 aromatic rings. The van der Waals surface area contributed by atoms with Gasteiger partial charge < -0.3 is 0 Å². The van der Waals surface area contributed by atoms with Crippen molar-refractivity contribution in [2.75, 3.05) is 0 Å². The van der Waals surface area contributed by atoms with E-state index in [1.165, 1.54) is 68.2 Å². The van der Waals surface area contributed by atoms with Crippen molar-refractivity contribution in [2.24, 2.45) is 0 Å². The van der Waals surface area contributed by atoms with E-state index in [9.17, 15) is 0 Å². The zero-order valence-corrected chi connectivity index (χ0v) is 22.3. The molecule has 0 N–H and O–H groups in total. The van der Waals surface area contributed by atoms with Gasteiger partial charge in [0.15, 0.2) is 0 Å². The van der Waals surface area contributed by atoms with Gasteiger partial charge in [0.2, 0.25) is 0 Å². The third-order valence-electron chi connectivity index (χ3n) is 7.23. The normalized spacial score (nSPS) is 12.3. The van der Waals surface area contributed by atoms with Crippen LogP contribution in [0.2, 0.25) is 0 Å². The Labute approximate surface area is 219 Å². The molecule has 174 valence electrons. The molecule has 7 rings (SSSR count). The topological polar surface area (TPSA) is 0 Å². The largest absolute Gasteiger partial charge is 0.135 e. The van der Waals surface area contributed by atoms with E-state index in [1.54, 1.807) is 0 Å². The maximum absolute atomic E-state index is 2.41. The third-order valence-corrected chi connectivity index (χ3v) is 9.67. The lowest BCUT2D eigenvalue weighted by Crippen LogP contribution is -2.11. The minimum absolute atomic E-state index is 0.0485. The Hall–Kier alpha value is -3.46. The highest BCUT2D eigenvalue weighted by Crippen LogP contribution is 2.44. The molecule has 0 nitrogen and oxygen atoms in total. The van der Waals surface area contributed by atoms with Gasteiger partial charge in [-0.25, -0.2) is 0 Å². The first-order valence-electron chi connectivity index (χ1n) is 12.4. The van der Waals surface area contributed by atoms with E-state index >= 15 is 0 Å². The fraction of sp³-hybridized carbons (Fsp3) is 0.118. The molecule has 0 saturated carbocycles. The predicted molar refractivity (Wildman–Crippen MR) is 162 cm³/mol. The Kier molecular flexibility index (Phi) is 4.86. The van der Waals surface area contributed by atoms with Gasteiger partial charge in [-0.1, -0.05) is 106 Å². The highest BCUT2D eigenvalue weighted by molar-refractivity contribution is 7.26. The molecular weight excluding hydrogens is 473 g/mol. The van der Waals surface area contributed by atoms with Crippen LogP contribution in [0.15, 0.2) is 103 Å². The smallest absolute Gasteiger partial charge is 0.0433 e. The number of rotatable bonds is 2. The van der Waals surface area contributed by atoms with Crippen molar-refractivity contribution in [3.63, 3.8) is 0 Å². The van der Waals surface area contributed by atoms with Gasteiger partial charge in [0.1, 0.15) is 0 Å². The standard InChI is InChI=1S/C34H26S2/c1-34(2,3)23-19-21(24-12-8-14-28-26-10-4-6-16-30(26)35-32(24)28)18-22(20-23)25-13-9-15-29-27-11-5-7-17-31(27)36-33(25)29/h4-20H,1-3H3. The summed E-state index contributed by atoms with van der Waals surface area (Å²) in [4.78, 5) is 0. The van der Waals surface area contributed by atoms with E-state index in [1.807, 2.05) is 22.7 Å². The van der Waals surface area contributed by atoms with Gasteiger partial charge in [0.25, 0.3) is 0 Å². The van der Waals surface area contributed by atoms with Gasteiger partial charge >= 0.3 is 0 Å². The Morgan fingerprint density at radius 1 is 0.472 bits per heavy atom. The van der Waals surface area contributed by atoms with Crippen LogP contribution < -0.4 is 0 Å². The summed E-state index contributed by atoms with van der Waals surface area (Å²) in [5, 5.41) is 5.40. The number of fused-ring (bicyclic) bond motifs is 6. The van der Waals surface area contributed by atoms with Crippen molar-refractivity contribution in [3.05, 3.63) is 109 Å². The Bertz CT molecular complexity index is 1790. The summed E-state index contributed by atoms with van der Waals surface area (Å²) in [6.07, 6.45) is 0. The van der Waals surface area contributed by atoms with Crippen LogP contribution in [0.25, 0.3) is 62.6 Å². The van der Waals surface area contributed by atoms with Gasteiger partial charge in [0, 0.05) is 40.3 Å². The summed E-state index contributed by atoms with van der Waals surface area (Å²) in [6, 6.07) is 38.3. The molecule has 0 amide bonds. The summed E-state index contributed by atoms with van der Waals surface area (Å²) >= 11 is 3.81. The quantitative estimate of drug-likeness (QED) is 0.222. The summed E-state index contributed by atoms with van der Waals surface area (Å²) in [7, 11) is 0. The van der Waals surface area contributed by atoms with Crippen LogP contribution >= 0.6 is 22.7 Å². The molecule has 0 atom stereocenters. The maximum Gasteiger partial charge on any atom is 0.0433 e. The fourth-order valence-electron chi connectivity index (χ4n) is 5.32. The second-order valence-corrected chi connectivity index (χ2v) is 12.7. The molecule has 0 aliphatic heterocycles. The first kappa shape index (κ1) is 21.8. The lowest BCUT2D eigenvalue weighted by molar-refractivity contribution is 0.591. The van der Waals surface area contributed by atoms with E-state index in [2.05, 4.69) is 124 Å². The minimum Gasteiger partial charge on any atom is -0.135 e. The van der Waals surface area contributed by atoms with Gasteiger partial charge in [0.05, 0.1) is 0 Å². The minimum atomic E-state index is 0.0485. The predicted octanol–water partition coefficient (Wildman–Crippen LogP) is 11.1. The second kappa shape index (κ2) is 8.03. The van der Waals surface area contributed by atoms with Crippen molar-refractivity contribution in [2.45, 2.75) is 26.2 Å². The zero-order chi connectivity index (χ0) is 24.4. The zero-order valence-electron chi connectivity index (χ0n) is 20.6. The van der Waals surface area contributed by atoms with Crippen LogP contribution in [-0.4, -0.2) is 0 Å². The van der Waals surface area contributed by atoms with E-state index in [4.69, 9.17) is 0 Å². The first-order valence-corrected chi connectivity index (χ1v) is 14.1. The lowest BCUT2D eigenvalue weighted by Gasteiger charge is -2.22. The van der Waals surface area contributed by atoms with Crippen LogP contribution in [0.3, 0.4) is 0 Å². The number of hydrogen-bond acceptors (Lipinski definition) is 2. The third kappa shape index (κ3) is 3.40. The van der Waals surface area contributed by atoms with E-state index in [-0.39, 0.29) is 5.41 Å². The van der Waals surface area contributed by atoms with Crippen molar-refractivity contribution in [1.82, 2.24) is 0 Å². The van der Waals surface area contributed by atoms with Crippen LogP contribution in [-0.2, 0) is 5.41 Å². The fourth-order valence-corrected chi connectivity index (χ4v) is 7.80. The molecule has 0 saturated heterocycles. The molecule has 0 spiro atoms. The van der Waals surface area contributed by atoms with Crippen molar-refractivity contribution >= 4 is 63.0 Å². The highest BCUT2D eigenvalue weighted by Gasteiger charge is 2.19. The SMILES string of the molecule is CC(C)(C)c1cc(-c2cccc3c2sc2ccccc23)cc(-c2cccc3c2sc2ccccc23)c1. The second-order valence-electron chi connectivity index (χ2n) is 10.6. The molecule has 0 aliphatic carbocycles. The maximum atomic E-state index is 2.41. The number of hydrogen-bond donors (Lipinski definition) is 0. The molecule has 36 heavy (non-hydrogen) atoms. The molecule has 0 unspecified atom stereocenters. The van der Waals surface area contributed by atoms with Crippen LogP contribution in [0.4, 0.5) is 0 Å². The molecule has 0 radical (unpaired) electrons. The summed E-state index contributed by atoms with van der Waals surface area (Å²) in [6.45, 7) is 6.95. The van der Waals surface area contributed by atoms with Gasteiger partial charge in [-0.15, -0.1) is 22.7 Å². The lowest BCUT2D eigenvalue weighted by atomic mass is 9.83. The van der Waals surface area contributed by atoms with Crippen LogP contribution in [0.5, 0.6) is 0 Å². The molecular formula is C34H26S2. The van der Waals surface area contributed by atoms with Crippen molar-refractivity contribution < 1.29 is 0 Å². The average Bonchev–Trinajstić information content (AvgIpc) is 3.46. The molecule has 2 heterocycles. The Balaban J connectivity index is 1.52. The molecule has 0 aliphatic rings. The molecule has 0 bridgehead atoms. The molecule has 2 heteroatoms. The van der Waals surface area contributed by atoms with Gasteiger partial charge in [-0.05, 0) is 51.4 Å². The van der Waals surface area contributed by atoms with Crippen LogP contribution in [0.1, 0.15) is 26.3 Å².